The van der Waals surface area contributed by atoms with E-state index in [9.17, 15) is 0 Å². The van der Waals surface area contributed by atoms with Crippen LogP contribution in [0.2, 0.25) is 0 Å². The van der Waals surface area contributed by atoms with Crippen molar-refractivity contribution >= 4 is 11.8 Å². The van der Waals surface area contributed by atoms with E-state index < -0.39 is 0 Å². The summed E-state index contributed by atoms with van der Waals surface area (Å²) >= 11 is 2.09. The number of hydrogen-bond acceptors (Lipinski definition) is 3. The Labute approximate surface area is 155 Å². The van der Waals surface area contributed by atoms with Crippen LogP contribution in [-0.4, -0.2) is 27.3 Å². The standard InChI is InChI=1S/C21H29N3S/c1-15-6-4-5-7-19(15)24-20-13-21(2,3)12-18(17(20)14-22-24)23-16-8-10-25-11-9-16/h4-7,14,16,18,23H,8-13H2,1-3H3. The van der Waals surface area contributed by atoms with Crippen LogP contribution in [0.15, 0.2) is 30.5 Å². The zero-order chi connectivity index (χ0) is 17.4. The minimum absolute atomic E-state index is 0.300. The third kappa shape index (κ3) is 3.52. The molecule has 2 aliphatic rings. The molecule has 2 aromatic rings. The molecule has 4 heteroatoms. The van der Waals surface area contributed by atoms with Crippen LogP contribution < -0.4 is 5.32 Å². The zero-order valence-corrected chi connectivity index (χ0v) is 16.4. The summed E-state index contributed by atoms with van der Waals surface area (Å²) < 4.78 is 2.19. The molecule has 2 heterocycles. The molecule has 0 amide bonds. The van der Waals surface area contributed by atoms with Gasteiger partial charge in [-0.1, -0.05) is 32.0 Å². The average molecular weight is 356 g/mol. The number of nitrogens with one attached hydrogen (secondary N) is 1. The highest BCUT2D eigenvalue weighted by atomic mass is 32.2. The lowest BCUT2D eigenvalue weighted by Crippen LogP contribution is -2.40. The van der Waals surface area contributed by atoms with E-state index in [1.165, 1.54) is 53.3 Å². The molecule has 3 nitrogen and oxygen atoms in total. The molecule has 1 N–H and O–H groups in total. The average Bonchev–Trinajstić information content (AvgIpc) is 2.98. The van der Waals surface area contributed by atoms with E-state index in [0.29, 0.717) is 17.5 Å². The van der Waals surface area contributed by atoms with E-state index in [0.717, 1.165) is 6.42 Å². The van der Waals surface area contributed by atoms with Gasteiger partial charge in [-0.3, -0.25) is 0 Å². The van der Waals surface area contributed by atoms with Gasteiger partial charge in [0.2, 0.25) is 0 Å². The molecule has 1 unspecified atom stereocenters. The lowest BCUT2D eigenvalue weighted by Gasteiger charge is -2.38. The van der Waals surface area contributed by atoms with Crippen molar-refractivity contribution in [1.29, 1.82) is 0 Å². The Bertz CT molecular complexity index is 743. The first-order valence-corrected chi connectivity index (χ1v) is 10.7. The summed E-state index contributed by atoms with van der Waals surface area (Å²) in [6, 6.07) is 9.67. The summed E-state index contributed by atoms with van der Waals surface area (Å²) in [6.45, 7) is 6.97. The minimum Gasteiger partial charge on any atom is -0.307 e. The van der Waals surface area contributed by atoms with E-state index in [4.69, 9.17) is 5.10 Å². The first kappa shape index (κ1) is 17.2. The Morgan fingerprint density at radius 1 is 1.20 bits per heavy atom. The minimum atomic E-state index is 0.300. The number of fused-ring (bicyclic) bond motifs is 1. The van der Waals surface area contributed by atoms with Crippen LogP contribution in [0.4, 0.5) is 0 Å². The number of para-hydroxylation sites is 1. The van der Waals surface area contributed by atoms with Crippen LogP contribution in [0.1, 0.15) is 56.0 Å². The maximum Gasteiger partial charge on any atom is 0.0678 e. The molecule has 0 radical (unpaired) electrons. The second-order valence-electron chi connectivity index (χ2n) is 8.40. The number of aryl methyl sites for hydroxylation is 1. The second kappa shape index (κ2) is 6.81. The van der Waals surface area contributed by atoms with Crippen LogP contribution in [0, 0.1) is 12.3 Å². The normalized spacial score (nSPS) is 23.4. The lowest BCUT2D eigenvalue weighted by atomic mass is 9.74. The van der Waals surface area contributed by atoms with Crippen LogP contribution >= 0.6 is 11.8 Å². The molecule has 1 aliphatic carbocycles. The number of nitrogens with zero attached hydrogens (tertiary/aromatic N) is 2. The van der Waals surface area contributed by atoms with Crippen LogP contribution in [-0.2, 0) is 6.42 Å². The van der Waals surface area contributed by atoms with E-state index >= 15 is 0 Å². The highest BCUT2D eigenvalue weighted by Gasteiger charge is 2.36. The van der Waals surface area contributed by atoms with Crippen LogP contribution in [0.25, 0.3) is 5.69 Å². The largest absolute Gasteiger partial charge is 0.307 e. The van der Waals surface area contributed by atoms with E-state index in [2.05, 4.69) is 73.0 Å². The van der Waals surface area contributed by atoms with Crippen LogP contribution in [0.5, 0.6) is 0 Å². The molecule has 0 spiro atoms. The Morgan fingerprint density at radius 3 is 2.72 bits per heavy atom. The van der Waals surface area contributed by atoms with Crippen molar-refractivity contribution in [3.8, 4) is 5.69 Å². The highest BCUT2D eigenvalue weighted by molar-refractivity contribution is 7.99. The molecule has 1 aliphatic heterocycles. The van der Waals surface area contributed by atoms with Crippen LogP contribution in [0.3, 0.4) is 0 Å². The van der Waals surface area contributed by atoms with E-state index in [-0.39, 0.29) is 0 Å². The van der Waals surface area contributed by atoms with Crippen molar-refractivity contribution in [2.45, 2.75) is 58.5 Å². The van der Waals surface area contributed by atoms with Crippen molar-refractivity contribution in [3.05, 3.63) is 47.3 Å². The topological polar surface area (TPSA) is 29.9 Å². The summed E-state index contributed by atoms with van der Waals surface area (Å²) in [5.41, 5.74) is 5.61. The molecule has 1 saturated heterocycles. The fourth-order valence-electron chi connectivity index (χ4n) is 4.35. The third-order valence-corrected chi connectivity index (χ3v) is 6.73. The van der Waals surface area contributed by atoms with Gasteiger partial charge in [-0.2, -0.15) is 16.9 Å². The first-order chi connectivity index (χ1) is 12.0. The van der Waals surface area contributed by atoms with Crippen molar-refractivity contribution in [1.82, 2.24) is 15.1 Å². The van der Waals surface area contributed by atoms with E-state index in [1.54, 1.807) is 0 Å². The number of aromatic nitrogens is 2. The predicted molar refractivity (Wildman–Crippen MR) is 107 cm³/mol. The predicted octanol–water partition coefficient (Wildman–Crippen LogP) is 4.68. The fraction of sp³-hybridized carbons (Fsp3) is 0.571. The summed E-state index contributed by atoms with van der Waals surface area (Å²) in [5, 5.41) is 8.79. The molecule has 1 fully saturated rings. The van der Waals surface area contributed by atoms with Gasteiger partial charge in [0.1, 0.15) is 0 Å². The molecular formula is C21H29N3S. The number of thioether (sulfide) groups is 1. The Morgan fingerprint density at radius 2 is 1.96 bits per heavy atom. The molecule has 1 atom stereocenters. The Hall–Kier alpha value is -1.26. The molecule has 4 rings (SSSR count). The highest BCUT2D eigenvalue weighted by Crippen LogP contribution is 2.42. The number of rotatable bonds is 3. The van der Waals surface area contributed by atoms with Crippen molar-refractivity contribution in [2.75, 3.05) is 11.5 Å². The summed E-state index contributed by atoms with van der Waals surface area (Å²) in [6.07, 6.45) is 7.00. The second-order valence-corrected chi connectivity index (χ2v) is 9.62. The maximum absolute atomic E-state index is 4.81. The lowest BCUT2D eigenvalue weighted by molar-refractivity contribution is 0.238. The molecule has 0 bridgehead atoms. The third-order valence-electron chi connectivity index (χ3n) is 5.68. The number of benzene rings is 1. The Balaban J connectivity index is 1.68. The summed E-state index contributed by atoms with van der Waals surface area (Å²) in [4.78, 5) is 0. The van der Waals surface area contributed by atoms with Gasteiger partial charge in [-0.25, -0.2) is 4.68 Å². The Kier molecular flexibility index (Phi) is 4.67. The van der Waals surface area contributed by atoms with Gasteiger partial charge in [0.15, 0.2) is 0 Å². The van der Waals surface area contributed by atoms with Gasteiger partial charge < -0.3 is 5.32 Å². The molecule has 25 heavy (non-hydrogen) atoms. The fourth-order valence-corrected chi connectivity index (χ4v) is 5.46. The van der Waals surface area contributed by atoms with Gasteiger partial charge in [0.25, 0.3) is 0 Å². The van der Waals surface area contributed by atoms with Gasteiger partial charge in [0.05, 0.1) is 11.9 Å². The zero-order valence-electron chi connectivity index (χ0n) is 15.6. The first-order valence-electron chi connectivity index (χ1n) is 9.50. The molecule has 1 aromatic carbocycles. The van der Waals surface area contributed by atoms with Gasteiger partial charge >= 0.3 is 0 Å². The SMILES string of the molecule is Cc1ccccc1-n1ncc2c1CC(C)(C)CC2NC1CCSCC1. The van der Waals surface area contributed by atoms with Gasteiger partial charge in [-0.15, -0.1) is 0 Å². The van der Waals surface area contributed by atoms with Crippen molar-refractivity contribution < 1.29 is 0 Å². The molecule has 134 valence electrons. The van der Waals surface area contributed by atoms with Crippen molar-refractivity contribution in [3.63, 3.8) is 0 Å². The van der Waals surface area contributed by atoms with Gasteiger partial charge in [-0.05, 0) is 61.2 Å². The monoisotopic (exact) mass is 355 g/mol. The number of hydrogen-bond donors (Lipinski definition) is 1. The molecule has 0 saturated carbocycles. The smallest absolute Gasteiger partial charge is 0.0678 e. The van der Waals surface area contributed by atoms with E-state index in [1.807, 2.05) is 0 Å². The molecule has 1 aromatic heterocycles. The maximum atomic E-state index is 4.81. The quantitative estimate of drug-likeness (QED) is 0.867. The summed E-state index contributed by atoms with van der Waals surface area (Å²) in [7, 11) is 0. The van der Waals surface area contributed by atoms with Crippen molar-refractivity contribution in [2.24, 2.45) is 5.41 Å². The van der Waals surface area contributed by atoms with Gasteiger partial charge in [0, 0.05) is 23.3 Å². The summed E-state index contributed by atoms with van der Waals surface area (Å²) in [5.74, 6) is 2.59. The molecular weight excluding hydrogens is 326 g/mol.